The van der Waals surface area contributed by atoms with Crippen LogP contribution in [0.25, 0.3) is 22.3 Å². The molecule has 19 heteroatoms. The molecule has 11 aromatic rings. The average Bonchev–Trinajstić information content (AvgIpc) is 1.62. The van der Waals surface area contributed by atoms with Gasteiger partial charge in [-0.3, -0.25) is 39.0 Å². The molecular formula is C101H110N4O13P2-2. The van der Waals surface area contributed by atoms with Crippen molar-refractivity contribution >= 4 is 83.5 Å². The lowest BCUT2D eigenvalue weighted by Gasteiger charge is -2.33. The van der Waals surface area contributed by atoms with Gasteiger partial charge in [0.15, 0.2) is 0 Å². The van der Waals surface area contributed by atoms with Gasteiger partial charge in [-0.25, -0.2) is 0 Å². The van der Waals surface area contributed by atoms with Crippen LogP contribution in [0.4, 0.5) is 0 Å². The zero-order chi connectivity index (χ0) is 85.0. The predicted molar refractivity (Wildman–Crippen MR) is 482 cm³/mol. The van der Waals surface area contributed by atoms with Crippen molar-refractivity contribution in [1.29, 1.82) is 0 Å². The van der Waals surface area contributed by atoms with Crippen LogP contribution in [-0.4, -0.2) is 137 Å². The summed E-state index contributed by atoms with van der Waals surface area (Å²) < 4.78 is 32.1. The first-order valence-corrected chi connectivity index (χ1v) is 43.8. The monoisotopic (exact) mass is 1650 g/mol. The zero-order valence-electron chi connectivity index (χ0n) is 69.9. The summed E-state index contributed by atoms with van der Waals surface area (Å²) in [5.74, 6) is -0.939. The van der Waals surface area contributed by atoms with Gasteiger partial charge in [0, 0.05) is 56.3 Å². The summed E-state index contributed by atoms with van der Waals surface area (Å²) in [5, 5.41) is 44.1. The number of aliphatic carboxylic acids is 1. The fourth-order valence-electron chi connectivity index (χ4n) is 15.4. The number of methoxy groups -OCH3 is 4. The summed E-state index contributed by atoms with van der Waals surface area (Å²) in [6.45, 7) is 6.58. The second kappa shape index (κ2) is 47.9. The molecule has 0 unspecified atom stereocenters. The van der Waals surface area contributed by atoms with Crippen molar-refractivity contribution in [3.05, 3.63) is 325 Å². The normalized spacial score (nSPS) is 13.1. The molecule has 17 nitrogen and oxygen atoms in total. The number of fused-ring (bicyclic) bond motifs is 6. The number of esters is 2. The second-order valence-electron chi connectivity index (χ2n) is 29.4. The number of ether oxygens (including phenoxy) is 6. The third kappa shape index (κ3) is 26.0. The highest BCUT2D eigenvalue weighted by atomic mass is 31.1. The van der Waals surface area contributed by atoms with Gasteiger partial charge >= 0.3 is 17.9 Å². The Morgan fingerprint density at radius 2 is 0.750 bits per heavy atom. The fourth-order valence-corrected chi connectivity index (χ4v) is 20.0. The molecule has 1 N–H and O–H groups in total. The number of carboxylic acid groups (broad SMARTS) is 1. The Hall–Kier alpha value is -11.6. The zero-order valence-corrected chi connectivity index (χ0v) is 71.7. The maximum absolute atomic E-state index is 13.3. The van der Waals surface area contributed by atoms with Gasteiger partial charge < -0.3 is 43.7 Å². The lowest BCUT2D eigenvalue weighted by molar-refractivity contribution is -0.252. The van der Waals surface area contributed by atoms with E-state index >= 15 is 0 Å². The number of likely N-dealkylation sites (N-methyl/N-ethyl adjacent to an activating group) is 1. The van der Waals surface area contributed by atoms with Gasteiger partial charge in [0.25, 0.3) is 0 Å². The van der Waals surface area contributed by atoms with Crippen molar-refractivity contribution in [3.63, 3.8) is 0 Å². The molecule has 0 heterocycles. The summed E-state index contributed by atoms with van der Waals surface area (Å²) in [4.78, 5) is 61.4. The largest absolute Gasteiger partial charge is 0.599 e. The summed E-state index contributed by atoms with van der Waals surface area (Å²) in [5.41, 5.74) is 9.71. The van der Waals surface area contributed by atoms with Crippen molar-refractivity contribution in [2.24, 2.45) is 9.98 Å². The Kier molecular flexibility index (Phi) is 36.2. The number of carbonyl (C=O) groups excluding carboxylic acids is 3. The lowest BCUT2D eigenvalue weighted by atomic mass is 9.98. The van der Waals surface area contributed by atoms with Gasteiger partial charge in [0.05, 0.1) is 59.4 Å². The maximum Gasteiger partial charge on any atom is 0.320 e. The summed E-state index contributed by atoms with van der Waals surface area (Å²) in [6.07, 6.45) is 4.85. The topological polar surface area (TPSA) is 221 Å². The quantitative estimate of drug-likeness (QED) is 0.0127. The number of nitrogens with zero attached hydrogens (tertiary/aromatic N) is 4. The third-order valence-corrected chi connectivity index (χ3v) is 26.2. The minimum atomic E-state index is -0.938. The molecule has 120 heavy (non-hydrogen) atoms. The van der Waals surface area contributed by atoms with Crippen LogP contribution in [0.5, 0.6) is 11.5 Å². The lowest BCUT2D eigenvalue weighted by Crippen LogP contribution is -2.44. The Bertz CT molecular complexity index is 4650. The smallest absolute Gasteiger partial charge is 0.320 e. The highest BCUT2D eigenvalue weighted by Crippen LogP contribution is 2.46. The summed E-state index contributed by atoms with van der Waals surface area (Å²) in [7, 11) is 6.51. The van der Waals surface area contributed by atoms with E-state index in [2.05, 4.69) is 242 Å². The van der Waals surface area contributed by atoms with Crippen molar-refractivity contribution in [2.45, 2.75) is 128 Å². The molecule has 2 aliphatic carbocycles. The number of rotatable bonds is 36. The van der Waals surface area contributed by atoms with Gasteiger partial charge in [0.1, 0.15) is 35.5 Å². The van der Waals surface area contributed by atoms with Crippen LogP contribution in [0.1, 0.15) is 125 Å². The van der Waals surface area contributed by atoms with E-state index in [9.17, 15) is 34.5 Å². The number of carboxylic acids is 1. The van der Waals surface area contributed by atoms with Crippen molar-refractivity contribution in [3.8, 4) is 33.8 Å². The van der Waals surface area contributed by atoms with Crippen molar-refractivity contribution < 1.29 is 62.9 Å². The van der Waals surface area contributed by atoms with Gasteiger partial charge in [-0.05, 0) is 125 Å². The fraction of sp³-hybridized carbons (Fsp3) is 0.287. The molecule has 0 fully saturated rings. The molecule has 0 saturated carbocycles. The molecule has 624 valence electrons. The van der Waals surface area contributed by atoms with E-state index in [-0.39, 0.29) is 56.8 Å². The molecule has 2 aliphatic rings. The number of hydrogen-bond acceptors (Lipinski definition) is 16. The van der Waals surface area contributed by atoms with Crippen LogP contribution >= 0.6 is 15.8 Å². The molecular weight excluding hydrogens is 1540 g/mol. The molecule has 0 amide bonds. The molecule has 0 aromatic heterocycles. The van der Waals surface area contributed by atoms with E-state index in [1.54, 1.807) is 39.2 Å². The van der Waals surface area contributed by atoms with Crippen molar-refractivity contribution in [2.75, 3.05) is 61.8 Å². The van der Waals surface area contributed by atoms with Crippen LogP contribution in [0.15, 0.2) is 307 Å². The molecule has 11 aromatic carbocycles. The molecule has 0 saturated heterocycles. The summed E-state index contributed by atoms with van der Waals surface area (Å²) >= 11 is 0. The average molecular weight is 1650 g/mol. The van der Waals surface area contributed by atoms with Crippen LogP contribution < -0.4 is 51.5 Å². The van der Waals surface area contributed by atoms with Gasteiger partial charge in [-0.2, -0.15) is 0 Å². The van der Waals surface area contributed by atoms with Crippen LogP contribution in [0.2, 0.25) is 0 Å². The summed E-state index contributed by atoms with van der Waals surface area (Å²) in [6, 6.07) is 99.7. The molecule has 13 rings (SSSR count). The predicted octanol–water partition coefficient (Wildman–Crippen LogP) is 15.8. The maximum atomic E-state index is 13.3. The van der Waals surface area contributed by atoms with E-state index in [4.69, 9.17) is 28.4 Å². The molecule has 0 aliphatic heterocycles. The van der Waals surface area contributed by atoms with Crippen LogP contribution in [0.3, 0.4) is 0 Å². The number of ketones is 1. The molecule has 4 atom stereocenters. The van der Waals surface area contributed by atoms with Gasteiger partial charge in [-0.1, -0.05) is 337 Å². The van der Waals surface area contributed by atoms with Crippen LogP contribution in [-0.2, 0) is 44.7 Å². The van der Waals surface area contributed by atoms with E-state index < -0.39 is 70.1 Å². The Morgan fingerprint density at radius 1 is 0.425 bits per heavy atom. The molecule has 0 radical (unpaired) electrons. The van der Waals surface area contributed by atoms with E-state index in [0.29, 0.717) is 30.9 Å². The van der Waals surface area contributed by atoms with Gasteiger partial charge in [-0.15, -0.1) is 0 Å². The first kappa shape index (κ1) is 90.7. The standard InChI is InChI=1S/C37H46N2O7.C28H36N2O6.2C18H15P/c1-6-7-8-17-34(25(2)40)39(22-26-18-19-28(43-3)21-35(26)44-4)23-27(20-36(41)45-5)38-37(42)46-24-33-31-15-11-9-13-29(31)30-14-10-12-16-32(30)33;1-4-5-6-15-25(27(32)33)30(2)17-19(16-26(31)35-3)29-28(34)36-18-24-22-13-9-7-11-20(22)21-12-8-10-14-23(21)24;2*1-4-10-16(11-5-1)19(17-12-6-2-7-13-17)18-14-8-3-9-15-18/h9-16,18-19,21,27,33-34H,6-8,17,20,22-24H2,1-5H3,(H,38,42);7-14,19,24-25H,4-6,15-18H2,1-3H3,(H,29,34)(H,32,33);2*1-15H/p-2/t27-,34+;19-,25-;;/m10../s1. The first-order valence-electron chi connectivity index (χ1n) is 41.1. The molecule has 0 bridgehead atoms. The van der Waals surface area contributed by atoms with Crippen LogP contribution in [0, 0.1) is 0 Å². The Labute approximate surface area is 710 Å². The third-order valence-electron chi connectivity index (χ3n) is 21.3. The first-order chi connectivity index (χ1) is 58.5. The van der Waals surface area contributed by atoms with E-state index in [1.807, 2.05) is 77.7 Å². The van der Waals surface area contributed by atoms with Crippen molar-refractivity contribution in [1.82, 2.24) is 9.80 Å². The number of Topliss-reactive ketones (excluding diaryl/α,β-unsaturated/α-hetero) is 1. The minimum Gasteiger partial charge on any atom is -0.599 e. The van der Waals surface area contributed by atoms with Gasteiger partial charge in [0.2, 0.25) is 0 Å². The number of unbranched alkanes of at least 4 members (excludes halogenated alkanes) is 4. The number of carbonyl (C=O) groups is 4. The minimum absolute atomic E-state index is 0.00143. The Morgan fingerprint density at radius 3 is 1.06 bits per heavy atom. The Balaban J connectivity index is 0.000000179. The second-order valence-corrected chi connectivity index (χ2v) is 33.9. The highest BCUT2D eigenvalue weighted by Gasteiger charge is 2.32. The number of aliphatic imine (C=N–C) groups is 2. The number of hydrogen-bond donors (Lipinski definition) is 1. The van der Waals surface area contributed by atoms with E-state index in [1.165, 1.54) is 46.0 Å². The highest BCUT2D eigenvalue weighted by molar-refractivity contribution is 7.80. The van der Waals surface area contributed by atoms with E-state index in [0.717, 1.165) is 88.6 Å². The molecule has 0 spiro atoms. The SMILES string of the molecule is CCCCC[C@@H](C(=O)O)N(C)C[C@H](CC(=O)OC)N=C([O-])OCC1c2ccccc2-c2ccccc21.CCCCC[C@@H](C(C)=O)N(Cc1ccc(OC)cc1OC)C[C@@H](CC(=O)OC)N=C([O-])OCC1c2ccccc2-c2ccccc21.c1ccc(P(c2ccccc2)c2ccccc2)cc1.c1ccc(P(c2ccccc2)c2ccccc2)cc1. The number of benzene rings is 11.